The lowest BCUT2D eigenvalue weighted by Crippen LogP contribution is -2.25. The van der Waals surface area contributed by atoms with Crippen LogP contribution in [0.5, 0.6) is 11.5 Å². The molecule has 0 bridgehead atoms. The molecule has 2 aromatic rings. The van der Waals surface area contributed by atoms with E-state index in [-0.39, 0.29) is 22.6 Å². The molecule has 0 aliphatic carbocycles. The van der Waals surface area contributed by atoms with Gasteiger partial charge in [0.15, 0.2) is 23.2 Å². The Hall–Kier alpha value is -2.50. The maximum atomic E-state index is 14.6. The van der Waals surface area contributed by atoms with Crippen molar-refractivity contribution in [2.75, 3.05) is 0 Å². The van der Waals surface area contributed by atoms with Crippen molar-refractivity contribution < 1.29 is 27.0 Å². The summed E-state index contributed by atoms with van der Waals surface area (Å²) < 4.78 is 63.8. The highest BCUT2D eigenvalue weighted by molar-refractivity contribution is 5.83. The molecule has 0 atom stereocenters. The fourth-order valence-electron chi connectivity index (χ4n) is 3.27. The summed E-state index contributed by atoms with van der Waals surface area (Å²) in [6.45, 7) is 2.18. The van der Waals surface area contributed by atoms with Gasteiger partial charge in [0, 0.05) is 11.1 Å². The van der Waals surface area contributed by atoms with Crippen molar-refractivity contribution in [3.63, 3.8) is 0 Å². The molecule has 2 nitrogen and oxygen atoms in total. The molecule has 0 N–H and O–H groups in total. The minimum Gasteiger partial charge on any atom is -0.395 e. The quantitative estimate of drug-likeness (QED) is 0.241. The van der Waals surface area contributed by atoms with Crippen LogP contribution in [-0.4, -0.2) is 6.29 Å². The lowest BCUT2D eigenvalue weighted by molar-refractivity contribution is -0.286. The Morgan fingerprint density at radius 1 is 0.759 bits per heavy atom. The number of benzene rings is 2. The number of ether oxygens (including phenoxy) is 2. The van der Waals surface area contributed by atoms with E-state index >= 15 is 0 Å². The van der Waals surface area contributed by atoms with Crippen molar-refractivity contribution in [3.05, 3.63) is 59.2 Å². The Bertz CT molecular complexity index is 860. The van der Waals surface area contributed by atoms with Gasteiger partial charge >= 0.3 is 6.29 Å². The van der Waals surface area contributed by atoms with Crippen LogP contribution >= 0.6 is 0 Å². The van der Waals surface area contributed by atoms with Crippen molar-refractivity contribution in [3.8, 4) is 11.5 Å². The first kappa shape index (κ1) is 21.2. The fourth-order valence-corrected chi connectivity index (χ4v) is 3.27. The largest absolute Gasteiger partial charge is 0.586 e. The molecule has 0 spiro atoms. The van der Waals surface area contributed by atoms with Crippen LogP contribution in [-0.2, 0) is 6.42 Å². The van der Waals surface area contributed by atoms with E-state index in [1.807, 2.05) is 0 Å². The molecule has 0 fully saturated rings. The van der Waals surface area contributed by atoms with Crippen molar-refractivity contribution in [2.45, 2.75) is 58.2 Å². The smallest absolute Gasteiger partial charge is 0.395 e. The lowest BCUT2D eigenvalue weighted by Gasteiger charge is -2.06. The van der Waals surface area contributed by atoms with Crippen molar-refractivity contribution in [1.82, 2.24) is 0 Å². The zero-order valence-electron chi connectivity index (χ0n) is 16.3. The highest BCUT2D eigenvalue weighted by Crippen LogP contribution is 2.43. The van der Waals surface area contributed by atoms with E-state index < -0.39 is 17.9 Å². The average molecular weight is 408 g/mol. The van der Waals surface area contributed by atoms with Gasteiger partial charge in [-0.3, -0.25) is 0 Å². The summed E-state index contributed by atoms with van der Waals surface area (Å²) in [6.07, 6.45) is 4.28. The van der Waals surface area contributed by atoms with Gasteiger partial charge in [0.25, 0.3) is 0 Å². The van der Waals surface area contributed by atoms with E-state index in [4.69, 9.17) is 0 Å². The van der Waals surface area contributed by atoms with Gasteiger partial charge in [-0.25, -0.2) is 8.78 Å². The number of halogens is 4. The first-order chi connectivity index (χ1) is 13.9. The van der Waals surface area contributed by atoms with E-state index in [1.54, 1.807) is 12.1 Å². The highest BCUT2D eigenvalue weighted by Gasteiger charge is 2.43. The molecule has 6 heteroatoms. The van der Waals surface area contributed by atoms with Crippen LogP contribution in [0.3, 0.4) is 0 Å². The van der Waals surface area contributed by atoms with Crippen LogP contribution in [0.1, 0.15) is 62.1 Å². The maximum Gasteiger partial charge on any atom is 0.586 e. The Morgan fingerprint density at radius 3 is 2.07 bits per heavy atom. The van der Waals surface area contributed by atoms with Crippen LogP contribution in [0.15, 0.2) is 42.5 Å². The van der Waals surface area contributed by atoms with Crippen molar-refractivity contribution in [2.24, 2.45) is 0 Å². The van der Waals surface area contributed by atoms with Gasteiger partial charge in [0.05, 0.1) is 0 Å². The maximum absolute atomic E-state index is 14.6. The van der Waals surface area contributed by atoms with Gasteiger partial charge in [-0.05, 0) is 36.6 Å². The summed E-state index contributed by atoms with van der Waals surface area (Å²) in [5, 5.41) is 0. The Balaban J connectivity index is 1.63. The second-order valence-electron chi connectivity index (χ2n) is 7.17. The average Bonchev–Trinajstić information content (AvgIpc) is 3.02. The summed E-state index contributed by atoms with van der Waals surface area (Å²) in [7, 11) is 0. The first-order valence-corrected chi connectivity index (χ1v) is 9.94. The van der Waals surface area contributed by atoms with E-state index in [2.05, 4.69) is 16.4 Å². The molecule has 156 valence electrons. The minimum absolute atomic E-state index is 0.0946. The predicted molar refractivity (Wildman–Crippen MR) is 105 cm³/mol. The Labute approximate surface area is 168 Å². The standard InChI is InChI=1S/C23H24F4O2/c1-2-3-4-5-6-7-8-16-9-11-17(12-10-16)21(24)22(25)18-13-14-19-20(15-18)29-23(26,27)28-19/h9-15H,2-8H2,1H3/b22-21+. The third kappa shape index (κ3) is 5.52. The second kappa shape index (κ2) is 9.33. The molecule has 1 aliphatic heterocycles. The van der Waals surface area contributed by atoms with Crippen LogP contribution in [0.2, 0.25) is 0 Å². The summed E-state index contributed by atoms with van der Waals surface area (Å²) in [4.78, 5) is 0. The van der Waals surface area contributed by atoms with E-state index in [0.29, 0.717) is 0 Å². The Kier molecular flexibility index (Phi) is 6.83. The molecule has 0 unspecified atom stereocenters. The monoisotopic (exact) mass is 408 g/mol. The number of hydrogen-bond donors (Lipinski definition) is 0. The predicted octanol–water partition coefficient (Wildman–Crippen LogP) is 7.68. The van der Waals surface area contributed by atoms with E-state index in [9.17, 15) is 17.6 Å². The molecule has 0 saturated carbocycles. The zero-order valence-corrected chi connectivity index (χ0v) is 16.3. The number of fused-ring (bicyclic) bond motifs is 1. The molecule has 1 aliphatic rings. The van der Waals surface area contributed by atoms with Crippen LogP contribution < -0.4 is 9.47 Å². The lowest BCUT2D eigenvalue weighted by atomic mass is 10.0. The number of hydrogen-bond acceptors (Lipinski definition) is 2. The minimum atomic E-state index is -3.80. The molecule has 0 amide bonds. The van der Waals surface area contributed by atoms with Gasteiger partial charge in [-0.15, -0.1) is 8.78 Å². The summed E-state index contributed by atoms with van der Waals surface area (Å²) in [5.41, 5.74) is 0.971. The molecule has 1 heterocycles. The molecule has 29 heavy (non-hydrogen) atoms. The zero-order chi connectivity index (χ0) is 20.9. The summed E-state index contributed by atoms with van der Waals surface area (Å²) in [5.74, 6) is -2.74. The summed E-state index contributed by atoms with van der Waals surface area (Å²) >= 11 is 0. The topological polar surface area (TPSA) is 18.5 Å². The van der Waals surface area contributed by atoms with Gasteiger partial charge in [-0.2, -0.15) is 0 Å². The number of aryl methyl sites for hydroxylation is 1. The van der Waals surface area contributed by atoms with Gasteiger partial charge in [0.1, 0.15) is 0 Å². The van der Waals surface area contributed by atoms with Crippen LogP contribution in [0.25, 0.3) is 11.7 Å². The number of unbranched alkanes of at least 4 members (excludes halogenated alkanes) is 5. The molecule has 2 aromatic carbocycles. The molecular formula is C23H24F4O2. The van der Waals surface area contributed by atoms with Gasteiger partial charge < -0.3 is 9.47 Å². The van der Waals surface area contributed by atoms with Gasteiger partial charge in [-0.1, -0.05) is 63.3 Å². The summed E-state index contributed by atoms with van der Waals surface area (Å²) in [6, 6.07) is 9.93. The number of rotatable bonds is 9. The normalized spacial score (nSPS) is 15.3. The first-order valence-electron chi connectivity index (χ1n) is 9.94. The highest BCUT2D eigenvalue weighted by atomic mass is 19.3. The molecule has 3 rings (SSSR count). The fraction of sp³-hybridized carbons (Fsp3) is 0.391. The van der Waals surface area contributed by atoms with Gasteiger partial charge in [0.2, 0.25) is 0 Å². The third-order valence-corrected chi connectivity index (χ3v) is 4.87. The molecular weight excluding hydrogens is 384 g/mol. The second-order valence-corrected chi connectivity index (χ2v) is 7.17. The third-order valence-electron chi connectivity index (χ3n) is 4.87. The van der Waals surface area contributed by atoms with Crippen LogP contribution in [0, 0.1) is 0 Å². The molecule has 0 aromatic heterocycles. The molecule has 0 saturated heterocycles. The van der Waals surface area contributed by atoms with Crippen molar-refractivity contribution >= 4 is 11.7 Å². The van der Waals surface area contributed by atoms with Crippen LogP contribution in [0.4, 0.5) is 17.6 Å². The number of alkyl halides is 2. The van der Waals surface area contributed by atoms with Crippen molar-refractivity contribution in [1.29, 1.82) is 0 Å². The SMILES string of the molecule is CCCCCCCCc1ccc(/C(F)=C(\F)c2ccc3c(c2)OC(F)(F)O3)cc1. The van der Waals surface area contributed by atoms with E-state index in [1.165, 1.54) is 43.9 Å². The Morgan fingerprint density at radius 2 is 1.34 bits per heavy atom. The molecule has 0 radical (unpaired) electrons. The van der Waals surface area contributed by atoms with E-state index in [0.717, 1.165) is 37.0 Å².